The van der Waals surface area contributed by atoms with E-state index in [0.717, 1.165) is 29.7 Å². The lowest BCUT2D eigenvalue weighted by Crippen LogP contribution is -2.39. The number of carbonyl (C=O) groups excluding carboxylic acids is 2. The van der Waals surface area contributed by atoms with E-state index in [9.17, 15) is 9.59 Å². The highest BCUT2D eigenvalue weighted by Crippen LogP contribution is 2.18. The summed E-state index contributed by atoms with van der Waals surface area (Å²) in [5, 5.41) is 0. The van der Waals surface area contributed by atoms with Gasteiger partial charge in [0.05, 0.1) is 0 Å². The summed E-state index contributed by atoms with van der Waals surface area (Å²) in [6.07, 6.45) is 1.64. The Hall–Kier alpha value is -2.82. The lowest BCUT2D eigenvalue weighted by atomic mass is 10.1. The maximum atomic E-state index is 12.8. The van der Waals surface area contributed by atoms with E-state index in [4.69, 9.17) is 4.74 Å². The summed E-state index contributed by atoms with van der Waals surface area (Å²) in [5.74, 6) is 0.770. The molecule has 1 heterocycles. The van der Waals surface area contributed by atoms with Crippen LogP contribution in [0.5, 0.6) is 5.75 Å². The third-order valence-electron chi connectivity index (χ3n) is 5.11. The molecule has 1 aliphatic rings. The minimum Gasteiger partial charge on any atom is -0.483 e. The van der Waals surface area contributed by atoms with Crippen molar-refractivity contribution in [2.24, 2.45) is 0 Å². The van der Waals surface area contributed by atoms with Gasteiger partial charge in [-0.1, -0.05) is 42.8 Å². The van der Waals surface area contributed by atoms with Crippen molar-refractivity contribution in [1.29, 1.82) is 0 Å². The van der Waals surface area contributed by atoms with Crippen LogP contribution in [0.1, 0.15) is 34.8 Å². The van der Waals surface area contributed by atoms with Gasteiger partial charge in [0.1, 0.15) is 5.75 Å². The molecule has 0 unspecified atom stereocenters. The van der Waals surface area contributed by atoms with E-state index in [1.807, 2.05) is 60.4 Å². The van der Waals surface area contributed by atoms with Crippen LogP contribution < -0.4 is 4.74 Å². The topological polar surface area (TPSA) is 49.9 Å². The number of ether oxygens (including phenoxy) is 1. The first-order valence-corrected chi connectivity index (χ1v) is 9.93. The molecule has 2 aromatic carbocycles. The minimum absolute atomic E-state index is 0.0306. The second-order valence-electron chi connectivity index (χ2n) is 7.15. The Labute approximate surface area is 166 Å². The molecule has 1 saturated heterocycles. The molecule has 0 N–H and O–H groups in total. The van der Waals surface area contributed by atoms with Gasteiger partial charge in [0.15, 0.2) is 6.61 Å². The number of benzene rings is 2. The van der Waals surface area contributed by atoms with Crippen LogP contribution in [0, 0.1) is 6.92 Å². The van der Waals surface area contributed by atoms with Crippen molar-refractivity contribution >= 4 is 11.8 Å². The molecule has 2 aromatic rings. The molecule has 0 atom stereocenters. The number of amides is 2. The zero-order valence-corrected chi connectivity index (χ0v) is 16.7. The lowest BCUT2D eigenvalue weighted by Gasteiger charge is -2.22. The van der Waals surface area contributed by atoms with Gasteiger partial charge in [-0.2, -0.15) is 0 Å². The van der Waals surface area contributed by atoms with E-state index in [1.54, 1.807) is 4.90 Å². The van der Waals surface area contributed by atoms with Gasteiger partial charge in [-0.25, -0.2) is 0 Å². The normalized spacial score (nSPS) is 14.5. The van der Waals surface area contributed by atoms with Crippen molar-refractivity contribution in [3.63, 3.8) is 0 Å². The molecule has 0 bridgehead atoms. The molecule has 0 radical (unpaired) electrons. The second-order valence-corrected chi connectivity index (χ2v) is 7.15. The molecule has 5 heteroatoms. The molecule has 0 aromatic heterocycles. The lowest BCUT2D eigenvalue weighted by molar-refractivity contribution is -0.133. The smallest absolute Gasteiger partial charge is 0.260 e. The van der Waals surface area contributed by atoms with E-state index in [1.165, 1.54) is 0 Å². The average Bonchev–Trinajstić information content (AvgIpc) is 2.98. The van der Waals surface area contributed by atoms with Crippen molar-refractivity contribution in [2.45, 2.75) is 26.7 Å². The van der Waals surface area contributed by atoms with Gasteiger partial charge in [0, 0.05) is 31.7 Å². The first kappa shape index (κ1) is 19.9. The summed E-state index contributed by atoms with van der Waals surface area (Å²) in [7, 11) is 0. The fourth-order valence-electron chi connectivity index (χ4n) is 3.50. The van der Waals surface area contributed by atoms with Gasteiger partial charge >= 0.3 is 0 Å². The highest BCUT2D eigenvalue weighted by Gasteiger charge is 2.23. The monoisotopic (exact) mass is 380 g/mol. The van der Waals surface area contributed by atoms with Crippen molar-refractivity contribution in [2.75, 3.05) is 32.8 Å². The van der Waals surface area contributed by atoms with E-state index >= 15 is 0 Å². The van der Waals surface area contributed by atoms with E-state index in [2.05, 4.69) is 6.92 Å². The minimum atomic E-state index is -0.0317. The number of hydrogen-bond donors (Lipinski definition) is 0. The Kier molecular flexibility index (Phi) is 6.69. The summed E-state index contributed by atoms with van der Waals surface area (Å²) in [6.45, 7) is 6.47. The second kappa shape index (κ2) is 9.40. The maximum absolute atomic E-state index is 12.8. The van der Waals surface area contributed by atoms with Crippen LogP contribution in [0.3, 0.4) is 0 Å². The summed E-state index contributed by atoms with van der Waals surface area (Å²) in [6, 6.07) is 15.5. The Balaban J connectivity index is 1.55. The van der Waals surface area contributed by atoms with Gasteiger partial charge in [0.2, 0.25) is 0 Å². The SMILES string of the molecule is CCc1ccccc1OCC(=O)N1CCCN(C(=O)c2cccc(C)c2)CC1. The molecular weight excluding hydrogens is 352 g/mol. The van der Waals surface area contributed by atoms with Crippen molar-refractivity contribution < 1.29 is 14.3 Å². The van der Waals surface area contributed by atoms with Crippen LogP contribution in [-0.2, 0) is 11.2 Å². The molecule has 28 heavy (non-hydrogen) atoms. The first-order valence-electron chi connectivity index (χ1n) is 9.93. The zero-order valence-electron chi connectivity index (χ0n) is 16.7. The maximum Gasteiger partial charge on any atom is 0.260 e. The van der Waals surface area contributed by atoms with Crippen LogP contribution in [0.15, 0.2) is 48.5 Å². The molecule has 148 valence electrons. The predicted octanol–water partition coefficient (Wildman–Crippen LogP) is 3.31. The van der Waals surface area contributed by atoms with Gasteiger partial charge < -0.3 is 14.5 Å². The quantitative estimate of drug-likeness (QED) is 0.800. The van der Waals surface area contributed by atoms with Crippen molar-refractivity contribution in [3.8, 4) is 5.75 Å². The van der Waals surface area contributed by atoms with Crippen LogP contribution in [0.4, 0.5) is 0 Å². The number of carbonyl (C=O) groups is 2. The summed E-state index contributed by atoms with van der Waals surface area (Å²) in [5.41, 5.74) is 2.88. The standard InChI is InChI=1S/C23H28N2O3/c1-3-19-9-4-5-11-21(19)28-17-22(26)24-12-7-13-25(15-14-24)23(27)20-10-6-8-18(2)16-20/h4-6,8-11,16H,3,7,12-15,17H2,1-2H3. The molecule has 0 saturated carbocycles. The number of nitrogens with zero attached hydrogens (tertiary/aromatic N) is 2. The summed E-state index contributed by atoms with van der Waals surface area (Å²) in [4.78, 5) is 29.0. The summed E-state index contributed by atoms with van der Waals surface area (Å²) >= 11 is 0. The van der Waals surface area contributed by atoms with Gasteiger partial charge in [-0.15, -0.1) is 0 Å². The van der Waals surface area contributed by atoms with E-state index in [-0.39, 0.29) is 18.4 Å². The fourth-order valence-corrected chi connectivity index (χ4v) is 3.50. The third kappa shape index (κ3) is 4.91. The summed E-state index contributed by atoms with van der Waals surface area (Å²) < 4.78 is 5.77. The molecule has 3 rings (SSSR count). The van der Waals surface area contributed by atoms with E-state index < -0.39 is 0 Å². The Morgan fingerprint density at radius 1 is 0.964 bits per heavy atom. The van der Waals surface area contributed by atoms with Crippen LogP contribution in [-0.4, -0.2) is 54.4 Å². The van der Waals surface area contributed by atoms with E-state index in [0.29, 0.717) is 31.7 Å². The Morgan fingerprint density at radius 3 is 2.50 bits per heavy atom. The van der Waals surface area contributed by atoms with Crippen LogP contribution >= 0.6 is 0 Å². The number of aryl methyl sites for hydroxylation is 2. The highest BCUT2D eigenvalue weighted by molar-refractivity contribution is 5.94. The number of para-hydroxylation sites is 1. The van der Waals surface area contributed by atoms with Gasteiger partial charge in [0.25, 0.3) is 11.8 Å². The zero-order chi connectivity index (χ0) is 19.9. The highest BCUT2D eigenvalue weighted by atomic mass is 16.5. The molecule has 2 amide bonds. The van der Waals surface area contributed by atoms with Gasteiger partial charge in [-0.05, 0) is 43.5 Å². The molecule has 0 aliphatic carbocycles. The number of hydrogen-bond acceptors (Lipinski definition) is 3. The predicted molar refractivity (Wildman–Crippen MR) is 110 cm³/mol. The number of rotatable bonds is 5. The molecule has 5 nitrogen and oxygen atoms in total. The third-order valence-corrected chi connectivity index (χ3v) is 5.11. The molecule has 1 fully saturated rings. The average molecular weight is 380 g/mol. The first-order chi connectivity index (χ1) is 13.6. The van der Waals surface area contributed by atoms with Crippen molar-refractivity contribution in [3.05, 3.63) is 65.2 Å². The van der Waals surface area contributed by atoms with Crippen LogP contribution in [0.2, 0.25) is 0 Å². The Morgan fingerprint density at radius 2 is 1.71 bits per heavy atom. The largest absolute Gasteiger partial charge is 0.483 e. The van der Waals surface area contributed by atoms with Gasteiger partial charge in [-0.3, -0.25) is 9.59 Å². The fraction of sp³-hybridized carbons (Fsp3) is 0.391. The Bertz CT molecular complexity index is 834. The van der Waals surface area contributed by atoms with Crippen LogP contribution in [0.25, 0.3) is 0 Å². The molecular formula is C23H28N2O3. The molecule has 0 spiro atoms. The molecule has 1 aliphatic heterocycles. The van der Waals surface area contributed by atoms with Crippen molar-refractivity contribution in [1.82, 2.24) is 9.80 Å².